The van der Waals surface area contributed by atoms with E-state index in [9.17, 15) is 4.79 Å². The lowest BCUT2D eigenvalue weighted by Crippen LogP contribution is -2.56. The van der Waals surface area contributed by atoms with E-state index in [0.29, 0.717) is 17.8 Å². The summed E-state index contributed by atoms with van der Waals surface area (Å²) in [5, 5.41) is 0. The molecule has 0 aromatic carbocycles. The van der Waals surface area contributed by atoms with Crippen molar-refractivity contribution in [1.29, 1.82) is 0 Å². The first kappa shape index (κ1) is 14.4. The van der Waals surface area contributed by atoms with E-state index in [1.165, 1.54) is 57.8 Å². The summed E-state index contributed by atoms with van der Waals surface area (Å²) in [7, 11) is 0. The van der Waals surface area contributed by atoms with E-state index in [-0.39, 0.29) is 5.41 Å². The molecule has 1 heterocycles. The van der Waals surface area contributed by atoms with E-state index in [2.05, 4.69) is 4.90 Å². The lowest BCUT2D eigenvalue weighted by atomic mass is 9.49. The minimum absolute atomic E-state index is 0.0173. The number of alkyl halides is 1. The molecule has 5 aliphatic rings. The number of hydrogen-bond acceptors (Lipinski definition) is 1. The fraction of sp³-hybridized carbons (Fsp3) is 0.944. The lowest BCUT2D eigenvalue weighted by Gasteiger charge is -2.57. The highest BCUT2D eigenvalue weighted by Crippen LogP contribution is 2.60. The van der Waals surface area contributed by atoms with Crippen LogP contribution in [-0.4, -0.2) is 29.3 Å². The topological polar surface area (TPSA) is 20.3 Å². The second-order valence-electron chi connectivity index (χ2n) is 8.35. The van der Waals surface area contributed by atoms with Crippen LogP contribution in [0.1, 0.15) is 64.2 Å². The van der Waals surface area contributed by atoms with E-state index in [0.717, 1.165) is 30.7 Å². The molecule has 0 aromatic rings. The summed E-state index contributed by atoms with van der Waals surface area (Å²) in [5.74, 6) is 3.66. The maximum Gasteiger partial charge on any atom is 0.229 e. The molecule has 0 spiro atoms. The smallest absolute Gasteiger partial charge is 0.229 e. The third kappa shape index (κ3) is 2.42. The fourth-order valence-electron chi connectivity index (χ4n) is 6.28. The molecule has 118 valence electrons. The predicted molar refractivity (Wildman–Crippen MR) is 85.3 cm³/mol. The number of carbonyl (C=O) groups is 1. The molecule has 0 radical (unpaired) electrons. The van der Waals surface area contributed by atoms with Crippen LogP contribution in [0.3, 0.4) is 0 Å². The molecule has 0 aromatic heterocycles. The van der Waals surface area contributed by atoms with Crippen molar-refractivity contribution < 1.29 is 4.79 Å². The van der Waals surface area contributed by atoms with Crippen LogP contribution in [0.25, 0.3) is 0 Å². The van der Waals surface area contributed by atoms with Gasteiger partial charge in [0.2, 0.25) is 5.91 Å². The molecule has 4 aliphatic carbocycles. The Balaban J connectivity index is 1.58. The first-order valence-electron chi connectivity index (χ1n) is 9.07. The third-order valence-electron chi connectivity index (χ3n) is 6.81. The SMILES string of the molecule is O=C(N1CCCCCC1CCl)C12CC3CC(CC(C3)C1)C2. The van der Waals surface area contributed by atoms with E-state index in [4.69, 9.17) is 11.6 Å². The van der Waals surface area contributed by atoms with Crippen LogP contribution < -0.4 is 0 Å². The van der Waals surface area contributed by atoms with E-state index in [1.807, 2.05) is 0 Å². The van der Waals surface area contributed by atoms with Crippen LogP contribution >= 0.6 is 11.6 Å². The van der Waals surface area contributed by atoms with Gasteiger partial charge in [-0.15, -0.1) is 11.6 Å². The minimum Gasteiger partial charge on any atom is -0.338 e. The number of halogens is 1. The summed E-state index contributed by atoms with van der Waals surface area (Å²) in [4.78, 5) is 15.7. The molecule has 1 saturated heterocycles. The third-order valence-corrected chi connectivity index (χ3v) is 7.16. The van der Waals surface area contributed by atoms with Crippen LogP contribution in [-0.2, 0) is 4.79 Å². The summed E-state index contributed by atoms with van der Waals surface area (Å²) in [6.07, 6.45) is 12.6. The van der Waals surface area contributed by atoms with Gasteiger partial charge >= 0.3 is 0 Å². The van der Waals surface area contributed by atoms with Crippen molar-refractivity contribution in [2.75, 3.05) is 12.4 Å². The number of carbonyl (C=O) groups excluding carboxylic acids is 1. The maximum absolute atomic E-state index is 13.4. The molecule has 1 amide bonds. The average Bonchev–Trinajstić information content (AvgIpc) is 2.70. The van der Waals surface area contributed by atoms with Crippen molar-refractivity contribution >= 4 is 17.5 Å². The highest BCUT2D eigenvalue weighted by Gasteiger charge is 2.56. The highest BCUT2D eigenvalue weighted by molar-refractivity contribution is 6.18. The summed E-state index contributed by atoms with van der Waals surface area (Å²) in [5.41, 5.74) is 0.0173. The Morgan fingerprint density at radius 2 is 1.62 bits per heavy atom. The van der Waals surface area contributed by atoms with Crippen LogP contribution in [0.5, 0.6) is 0 Å². The standard InChI is InChI=1S/C18H28ClNO/c19-12-16-4-2-1-3-5-20(16)17(21)18-9-13-6-14(10-18)8-15(7-13)11-18/h13-16H,1-12H2. The summed E-state index contributed by atoms with van der Waals surface area (Å²) >= 11 is 6.21. The zero-order valence-electron chi connectivity index (χ0n) is 13.0. The first-order chi connectivity index (χ1) is 10.2. The van der Waals surface area contributed by atoms with Gasteiger partial charge < -0.3 is 4.90 Å². The lowest BCUT2D eigenvalue weighted by molar-refractivity contribution is -0.159. The van der Waals surface area contributed by atoms with Gasteiger partial charge in [-0.2, -0.15) is 0 Å². The fourth-order valence-corrected chi connectivity index (χ4v) is 6.60. The quantitative estimate of drug-likeness (QED) is 0.700. The van der Waals surface area contributed by atoms with Crippen molar-refractivity contribution in [2.24, 2.45) is 23.2 Å². The predicted octanol–water partition coefficient (Wildman–Crippen LogP) is 4.21. The summed E-state index contributed by atoms with van der Waals surface area (Å²) < 4.78 is 0. The minimum atomic E-state index is 0.0173. The Kier molecular flexibility index (Phi) is 3.72. The van der Waals surface area contributed by atoms with Gasteiger partial charge in [0.05, 0.1) is 5.41 Å². The Bertz CT molecular complexity index is 386. The summed E-state index contributed by atoms with van der Waals surface area (Å²) in [6.45, 7) is 0.956. The molecule has 4 saturated carbocycles. The Hall–Kier alpha value is -0.240. The van der Waals surface area contributed by atoms with Gasteiger partial charge in [-0.25, -0.2) is 0 Å². The molecule has 2 nitrogen and oxygen atoms in total. The van der Waals surface area contributed by atoms with Gasteiger partial charge in [-0.3, -0.25) is 4.79 Å². The number of likely N-dealkylation sites (tertiary alicyclic amines) is 1. The van der Waals surface area contributed by atoms with Crippen LogP contribution in [0.15, 0.2) is 0 Å². The molecular weight excluding hydrogens is 282 g/mol. The van der Waals surface area contributed by atoms with Crippen molar-refractivity contribution in [3.05, 3.63) is 0 Å². The number of rotatable bonds is 2. The van der Waals surface area contributed by atoms with Gasteiger partial charge in [0.1, 0.15) is 0 Å². The average molecular weight is 310 g/mol. The van der Waals surface area contributed by atoms with Crippen LogP contribution in [0.4, 0.5) is 0 Å². The molecule has 5 rings (SSSR count). The molecule has 5 fully saturated rings. The van der Waals surface area contributed by atoms with Crippen molar-refractivity contribution in [2.45, 2.75) is 70.3 Å². The zero-order chi connectivity index (χ0) is 14.4. The maximum atomic E-state index is 13.4. The Morgan fingerprint density at radius 1 is 1.00 bits per heavy atom. The molecule has 4 bridgehead atoms. The Morgan fingerprint density at radius 3 is 2.19 bits per heavy atom. The first-order valence-corrected chi connectivity index (χ1v) is 9.61. The number of hydrogen-bond donors (Lipinski definition) is 0. The molecule has 1 aliphatic heterocycles. The monoisotopic (exact) mass is 309 g/mol. The molecule has 1 unspecified atom stereocenters. The second-order valence-corrected chi connectivity index (χ2v) is 8.66. The number of amides is 1. The second kappa shape index (κ2) is 5.44. The molecule has 1 atom stereocenters. The Labute approximate surface area is 133 Å². The van der Waals surface area contributed by atoms with Crippen LogP contribution in [0.2, 0.25) is 0 Å². The van der Waals surface area contributed by atoms with Gasteiger partial charge in [-0.1, -0.05) is 12.8 Å². The molecule has 0 N–H and O–H groups in total. The van der Waals surface area contributed by atoms with Crippen molar-refractivity contribution in [3.63, 3.8) is 0 Å². The zero-order valence-corrected chi connectivity index (χ0v) is 13.8. The summed E-state index contributed by atoms with van der Waals surface area (Å²) in [6, 6.07) is 0.301. The van der Waals surface area contributed by atoms with Crippen molar-refractivity contribution in [1.82, 2.24) is 4.90 Å². The van der Waals surface area contributed by atoms with Gasteiger partial charge in [0.25, 0.3) is 0 Å². The van der Waals surface area contributed by atoms with E-state index >= 15 is 0 Å². The van der Waals surface area contributed by atoms with Gasteiger partial charge in [-0.05, 0) is 69.1 Å². The van der Waals surface area contributed by atoms with E-state index in [1.54, 1.807) is 0 Å². The molecule has 21 heavy (non-hydrogen) atoms. The molecular formula is C18H28ClNO. The highest BCUT2D eigenvalue weighted by atomic mass is 35.5. The molecule has 3 heteroatoms. The largest absolute Gasteiger partial charge is 0.338 e. The van der Waals surface area contributed by atoms with Gasteiger partial charge in [0, 0.05) is 18.5 Å². The van der Waals surface area contributed by atoms with Crippen molar-refractivity contribution in [3.8, 4) is 0 Å². The van der Waals surface area contributed by atoms with Gasteiger partial charge in [0.15, 0.2) is 0 Å². The number of nitrogens with zero attached hydrogens (tertiary/aromatic N) is 1. The van der Waals surface area contributed by atoms with E-state index < -0.39 is 0 Å². The normalized spacial score (nSPS) is 45.7. The van der Waals surface area contributed by atoms with Crippen LogP contribution in [0, 0.1) is 23.2 Å².